The zero-order valence-corrected chi connectivity index (χ0v) is 79.6. The molecule has 0 saturated heterocycles. The molecule has 6 heteroatoms. The summed E-state index contributed by atoms with van der Waals surface area (Å²) in [7, 11) is 0. The number of benzene rings is 25. The van der Waals surface area contributed by atoms with E-state index >= 15 is 0 Å². The molecule has 6 aromatic heterocycles. The third kappa shape index (κ3) is 14.4. The van der Waals surface area contributed by atoms with Crippen LogP contribution in [0.4, 0.5) is 0 Å². The lowest BCUT2D eigenvalue weighted by molar-refractivity contribution is 1.18. The first-order valence-electron chi connectivity index (χ1n) is 50.3. The Morgan fingerprint density at radius 1 is 0.0946 bits per heavy atom. The number of hydrogen-bond donors (Lipinski definition) is 0. The van der Waals surface area contributed by atoms with Crippen LogP contribution in [0.5, 0.6) is 0 Å². The molecule has 0 aliphatic heterocycles. The molecule has 0 radical (unpaired) electrons. The van der Waals surface area contributed by atoms with Gasteiger partial charge in [0.2, 0.25) is 0 Å². The van der Waals surface area contributed by atoms with Crippen LogP contribution in [-0.2, 0) is 0 Å². The quantitative estimate of drug-likeness (QED) is 0.116. The fourth-order valence-corrected chi connectivity index (χ4v) is 23.8. The third-order valence-corrected chi connectivity index (χ3v) is 30.5. The maximum atomic E-state index is 2.44. The minimum absolute atomic E-state index is 0. The number of fused-ring (bicyclic) bond motifs is 26. The first-order valence-corrected chi connectivity index (χ1v) is 50.3. The second-order valence-corrected chi connectivity index (χ2v) is 38.5. The molecule has 0 amide bonds. The van der Waals surface area contributed by atoms with Crippen molar-refractivity contribution in [2.75, 3.05) is 0 Å². The Bertz CT molecular complexity index is 10700. The third-order valence-electron chi connectivity index (χ3n) is 30.5. The molecule has 148 heavy (non-hydrogen) atoms. The lowest BCUT2D eigenvalue weighted by atomic mass is 9.94. The van der Waals surface area contributed by atoms with Crippen molar-refractivity contribution in [2.24, 2.45) is 0 Å². The molecule has 31 rings (SSSR count). The van der Waals surface area contributed by atoms with E-state index < -0.39 is 0 Å². The smallest absolute Gasteiger partial charge is 0.0547 e. The predicted octanol–water partition coefficient (Wildman–Crippen LogP) is 39.0. The van der Waals surface area contributed by atoms with Crippen molar-refractivity contribution in [3.8, 4) is 89.8 Å². The van der Waals surface area contributed by atoms with Gasteiger partial charge < -0.3 is 27.4 Å². The van der Waals surface area contributed by atoms with Crippen LogP contribution in [0.25, 0.3) is 274 Å². The summed E-state index contributed by atoms with van der Waals surface area (Å²) in [6.45, 7) is 0. The van der Waals surface area contributed by atoms with Gasteiger partial charge in [-0.05, 0) is 262 Å². The molecule has 0 aliphatic carbocycles. The molecule has 31 aromatic rings. The zero-order valence-electron chi connectivity index (χ0n) is 79.6. The minimum Gasteiger partial charge on any atom is -0.309 e. The van der Waals surface area contributed by atoms with Crippen LogP contribution in [0.1, 0.15) is 14.9 Å². The summed E-state index contributed by atoms with van der Waals surface area (Å²) in [5.41, 5.74) is 33.7. The summed E-state index contributed by atoms with van der Waals surface area (Å²) in [5.74, 6) is 0. The van der Waals surface area contributed by atoms with Gasteiger partial charge in [-0.2, -0.15) is 0 Å². The Morgan fingerprint density at radius 2 is 0.338 bits per heavy atom. The van der Waals surface area contributed by atoms with Crippen molar-refractivity contribution < 1.29 is 0 Å². The van der Waals surface area contributed by atoms with Gasteiger partial charge in [0.25, 0.3) is 0 Å². The van der Waals surface area contributed by atoms with E-state index in [1.54, 1.807) is 0 Å². The van der Waals surface area contributed by atoms with Crippen LogP contribution < -0.4 is 0 Å². The molecule has 0 bridgehead atoms. The molecule has 0 N–H and O–H groups in total. The van der Waals surface area contributed by atoms with Crippen molar-refractivity contribution in [1.82, 2.24) is 27.4 Å². The normalized spacial score (nSPS) is 11.7. The van der Waals surface area contributed by atoms with E-state index in [0.29, 0.717) is 0 Å². The number of nitrogens with zero attached hydrogens (tertiary/aromatic N) is 6. The van der Waals surface area contributed by atoms with Gasteiger partial charge in [0, 0.05) is 98.5 Å². The van der Waals surface area contributed by atoms with Crippen LogP contribution >= 0.6 is 0 Å². The van der Waals surface area contributed by atoms with Gasteiger partial charge in [0.15, 0.2) is 0 Å². The standard InChI is InChI=1S/C48H30N2.2C46H30N2.2CH4/c1-2-12-33(13-3-1)49-45-20-10-8-18-40(45)42-25-22-32(29-48(42)49)31-23-27-47-44(28-31)41-19-9-11-21-46(41)50(47)34-24-26-39-37-16-5-4-14-35(37)36-15-6-7-17-38(36)43(39)30-34;1-2-11-31(12-3-1)32-21-25-36(26-22-32)47-43-18-8-6-16-38(43)40-27-23-35(30-46(40)47)34-24-28-45-41(29-34)39-17-7-9-19-44(39)48(45)42-20-10-14-33-13-4-5-15-37(33)42;1-2-11-31(12-3-1)34-15-10-16-37(27-34)48-43-19-8-6-17-39(43)41-25-22-36(30-46(41)48)35-23-26-45-42(29-35)40-18-7-9-20-44(40)47(45)38-24-21-32-13-4-5-14-33(32)28-38;;/h1-30H;2*1-30H;2*1H4. The van der Waals surface area contributed by atoms with Gasteiger partial charge >= 0.3 is 0 Å². The first kappa shape index (κ1) is 87.6. The Morgan fingerprint density at radius 3 is 0.804 bits per heavy atom. The molecule has 696 valence electrons. The van der Waals surface area contributed by atoms with Gasteiger partial charge in [0.1, 0.15) is 0 Å². The van der Waals surface area contributed by atoms with Crippen LogP contribution in [0.15, 0.2) is 546 Å². The first-order chi connectivity index (χ1) is 72.4. The minimum atomic E-state index is 0. The van der Waals surface area contributed by atoms with Crippen LogP contribution in [0.2, 0.25) is 0 Å². The molecule has 0 spiro atoms. The predicted molar refractivity (Wildman–Crippen MR) is 634 cm³/mol. The topological polar surface area (TPSA) is 29.6 Å². The Kier molecular flexibility index (Phi) is 21.3. The monoisotopic (exact) mass is 1890 g/mol. The summed E-state index contributed by atoms with van der Waals surface area (Å²) < 4.78 is 14.5. The second-order valence-electron chi connectivity index (χ2n) is 38.5. The number of hydrogen-bond acceptors (Lipinski definition) is 0. The summed E-state index contributed by atoms with van der Waals surface area (Å²) in [4.78, 5) is 0. The second kappa shape index (κ2) is 35.9. The van der Waals surface area contributed by atoms with E-state index in [2.05, 4.69) is 573 Å². The Balaban J connectivity index is 0.000000109. The van der Waals surface area contributed by atoms with Crippen molar-refractivity contribution >= 4 is 185 Å². The zero-order chi connectivity index (χ0) is 96.0. The fraction of sp³-hybridized carbons (Fsp3) is 0.0141. The van der Waals surface area contributed by atoms with Crippen LogP contribution in [0.3, 0.4) is 0 Å². The molecular formula is C142H98N6. The molecule has 0 atom stereocenters. The number of aromatic nitrogens is 6. The van der Waals surface area contributed by atoms with E-state index in [1.807, 2.05) is 0 Å². The van der Waals surface area contributed by atoms with Gasteiger partial charge in [-0.25, -0.2) is 0 Å². The summed E-state index contributed by atoms with van der Waals surface area (Å²) >= 11 is 0. The van der Waals surface area contributed by atoms with Crippen molar-refractivity contribution in [3.63, 3.8) is 0 Å². The molecule has 0 aliphatic rings. The molecular weight excluding hydrogens is 1790 g/mol. The molecule has 0 unspecified atom stereocenters. The average Bonchev–Trinajstić information content (AvgIpc) is 1.40. The fourth-order valence-electron chi connectivity index (χ4n) is 23.8. The van der Waals surface area contributed by atoms with E-state index in [-0.39, 0.29) is 14.9 Å². The highest BCUT2D eigenvalue weighted by Crippen LogP contribution is 2.47. The highest BCUT2D eigenvalue weighted by Gasteiger charge is 2.24. The van der Waals surface area contributed by atoms with Crippen molar-refractivity contribution in [1.29, 1.82) is 0 Å². The Labute approximate surface area is 856 Å². The van der Waals surface area contributed by atoms with E-state index in [0.717, 1.165) is 11.4 Å². The molecule has 25 aromatic carbocycles. The van der Waals surface area contributed by atoms with Gasteiger partial charge in [0.05, 0.1) is 71.9 Å². The maximum Gasteiger partial charge on any atom is 0.0547 e. The highest BCUT2D eigenvalue weighted by molar-refractivity contribution is 6.26. The molecule has 0 fully saturated rings. The van der Waals surface area contributed by atoms with E-state index in [1.165, 1.54) is 263 Å². The van der Waals surface area contributed by atoms with Gasteiger partial charge in [-0.1, -0.05) is 403 Å². The van der Waals surface area contributed by atoms with Crippen molar-refractivity contribution in [3.05, 3.63) is 546 Å². The van der Waals surface area contributed by atoms with E-state index in [9.17, 15) is 0 Å². The average molecular weight is 1890 g/mol. The molecule has 0 saturated carbocycles. The molecule has 6 nitrogen and oxygen atoms in total. The van der Waals surface area contributed by atoms with Gasteiger partial charge in [-0.15, -0.1) is 0 Å². The SMILES string of the molecule is C.C.c1ccc(-c2ccc(-n3c4ccccc4c4ccc(-c5ccc6c(c5)c5ccccc5n6-c5cccc6ccccc56)cc43)cc2)cc1.c1ccc(-c2cccc(-n3c4ccccc4c4ccc(-c5ccc6c(c5)c5ccccc5n6-c5ccc6ccccc6c5)cc43)c2)cc1.c1ccc(-n2c3ccccc3c3ccc(-c4ccc5c(c4)c4ccccc4n5-c4ccc5c6ccccc6c6ccccc6c5c4)cc32)cc1. The summed E-state index contributed by atoms with van der Waals surface area (Å²) in [5, 5.41) is 27.9. The maximum absolute atomic E-state index is 2.44. The Hall–Kier alpha value is -19.4. The molecule has 6 heterocycles. The summed E-state index contributed by atoms with van der Waals surface area (Å²) in [6, 6.07) is 199. The summed E-state index contributed by atoms with van der Waals surface area (Å²) in [6.07, 6.45) is 0. The largest absolute Gasteiger partial charge is 0.309 e. The number of rotatable bonds is 11. The van der Waals surface area contributed by atoms with Gasteiger partial charge in [-0.3, -0.25) is 0 Å². The van der Waals surface area contributed by atoms with E-state index in [4.69, 9.17) is 0 Å². The lowest BCUT2D eigenvalue weighted by Gasteiger charge is -2.14. The van der Waals surface area contributed by atoms with Crippen molar-refractivity contribution in [2.45, 2.75) is 14.9 Å². The number of para-hydroxylation sites is 7. The van der Waals surface area contributed by atoms with Crippen LogP contribution in [0, 0.1) is 0 Å². The lowest BCUT2D eigenvalue weighted by Crippen LogP contribution is -1.95. The highest BCUT2D eigenvalue weighted by atomic mass is 15.0. The van der Waals surface area contributed by atoms with Crippen LogP contribution in [-0.4, -0.2) is 27.4 Å².